The van der Waals surface area contributed by atoms with E-state index in [1.807, 2.05) is 26.0 Å². The van der Waals surface area contributed by atoms with Crippen LogP contribution >= 0.6 is 15.9 Å². The molecule has 0 saturated carbocycles. The first kappa shape index (κ1) is 16.5. The van der Waals surface area contributed by atoms with Crippen LogP contribution in [0.25, 0.3) is 0 Å². The molecular formula is C15H23BrO3. The molecule has 0 atom stereocenters. The van der Waals surface area contributed by atoms with Gasteiger partial charge in [0.2, 0.25) is 0 Å². The van der Waals surface area contributed by atoms with Crippen molar-refractivity contribution in [1.29, 1.82) is 0 Å². The van der Waals surface area contributed by atoms with Crippen molar-refractivity contribution in [3.05, 3.63) is 27.7 Å². The van der Waals surface area contributed by atoms with E-state index in [9.17, 15) is 0 Å². The first-order valence-corrected chi connectivity index (χ1v) is 7.50. The van der Waals surface area contributed by atoms with E-state index >= 15 is 0 Å². The molecule has 19 heavy (non-hydrogen) atoms. The lowest BCUT2D eigenvalue weighted by molar-refractivity contribution is -0.142. The molecule has 0 spiro atoms. The minimum absolute atomic E-state index is 0.173. The van der Waals surface area contributed by atoms with Gasteiger partial charge in [-0.05, 0) is 51.0 Å². The molecule has 4 heteroatoms. The highest BCUT2D eigenvalue weighted by atomic mass is 79.9. The van der Waals surface area contributed by atoms with Crippen molar-refractivity contribution in [1.82, 2.24) is 0 Å². The third-order valence-corrected chi connectivity index (χ3v) is 3.99. The number of benzene rings is 1. The van der Waals surface area contributed by atoms with Crippen molar-refractivity contribution >= 4 is 15.9 Å². The third kappa shape index (κ3) is 5.51. The summed E-state index contributed by atoms with van der Waals surface area (Å²) >= 11 is 3.55. The Morgan fingerprint density at radius 1 is 1.05 bits per heavy atom. The summed E-state index contributed by atoms with van der Waals surface area (Å²) in [6.07, 6.45) is 0.559. The predicted octanol–water partition coefficient (Wildman–Crippen LogP) is 4.23. The smallest absolute Gasteiger partial charge is 0.160 e. The fourth-order valence-electron chi connectivity index (χ4n) is 1.85. The number of aryl methyl sites for hydroxylation is 2. The topological polar surface area (TPSA) is 27.7 Å². The molecule has 0 bridgehead atoms. The molecule has 0 fully saturated rings. The predicted molar refractivity (Wildman–Crippen MR) is 80.8 cm³/mol. The zero-order chi connectivity index (χ0) is 14.3. The van der Waals surface area contributed by atoms with Crippen molar-refractivity contribution in [2.24, 2.45) is 0 Å². The molecule has 3 nitrogen and oxygen atoms in total. The second-order valence-electron chi connectivity index (χ2n) is 4.35. The molecule has 0 aliphatic rings. The van der Waals surface area contributed by atoms with Gasteiger partial charge < -0.3 is 14.2 Å². The van der Waals surface area contributed by atoms with Gasteiger partial charge in [-0.15, -0.1) is 0 Å². The van der Waals surface area contributed by atoms with Gasteiger partial charge in [0.25, 0.3) is 0 Å². The van der Waals surface area contributed by atoms with Crippen LogP contribution in [0.4, 0.5) is 0 Å². The molecule has 1 aromatic carbocycles. The second kappa shape index (κ2) is 8.56. The van der Waals surface area contributed by atoms with Gasteiger partial charge in [0.1, 0.15) is 5.75 Å². The summed E-state index contributed by atoms with van der Waals surface area (Å²) in [6, 6.07) is 4.07. The summed E-state index contributed by atoms with van der Waals surface area (Å²) in [5.74, 6) is 0.893. The molecule has 0 aliphatic carbocycles. The molecular weight excluding hydrogens is 308 g/mol. The molecule has 1 aromatic rings. The maximum absolute atomic E-state index is 5.76. The minimum Gasteiger partial charge on any atom is -0.493 e. The van der Waals surface area contributed by atoms with Gasteiger partial charge >= 0.3 is 0 Å². The maximum atomic E-state index is 5.76. The van der Waals surface area contributed by atoms with E-state index in [0.717, 1.165) is 16.6 Å². The van der Waals surface area contributed by atoms with E-state index in [4.69, 9.17) is 14.2 Å². The number of hydrogen-bond acceptors (Lipinski definition) is 3. The summed E-state index contributed by atoms with van der Waals surface area (Å²) in [6.45, 7) is 9.95. The van der Waals surface area contributed by atoms with Crippen LogP contribution in [0.15, 0.2) is 16.6 Å². The van der Waals surface area contributed by atoms with E-state index in [1.165, 1.54) is 11.1 Å². The van der Waals surface area contributed by atoms with Crippen LogP contribution in [0.1, 0.15) is 31.4 Å². The monoisotopic (exact) mass is 330 g/mol. The van der Waals surface area contributed by atoms with E-state index in [-0.39, 0.29) is 6.29 Å². The first-order chi connectivity index (χ1) is 9.08. The highest BCUT2D eigenvalue weighted by Crippen LogP contribution is 2.26. The lowest BCUT2D eigenvalue weighted by atomic mass is 10.1. The van der Waals surface area contributed by atoms with Gasteiger partial charge in [0.15, 0.2) is 6.29 Å². The molecule has 1 rings (SSSR count). The molecule has 0 aliphatic heterocycles. The Kier molecular flexibility index (Phi) is 7.42. The average molecular weight is 331 g/mol. The highest BCUT2D eigenvalue weighted by Gasteiger charge is 2.09. The van der Waals surface area contributed by atoms with Crippen LogP contribution in [0, 0.1) is 13.8 Å². The number of halogens is 1. The van der Waals surface area contributed by atoms with E-state index < -0.39 is 0 Å². The van der Waals surface area contributed by atoms with Gasteiger partial charge in [-0.1, -0.05) is 15.9 Å². The molecule has 0 radical (unpaired) electrons. The van der Waals surface area contributed by atoms with Crippen LogP contribution in [-0.2, 0) is 9.47 Å². The van der Waals surface area contributed by atoms with Crippen LogP contribution in [-0.4, -0.2) is 26.1 Å². The Labute approximate surface area is 124 Å². The Bertz CT molecular complexity index is 364. The third-order valence-electron chi connectivity index (χ3n) is 2.74. The van der Waals surface area contributed by atoms with Crippen LogP contribution in [0.5, 0.6) is 5.75 Å². The van der Waals surface area contributed by atoms with Crippen LogP contribution in [0.2, 0.25) is 0 Å². The fraction of sp³-hybridized carbons (Fsp3) is 0.600. The van der Waals surface area contributed by atoms with E-state index in [0.29, 0.717) is 19.8 Å². The molecule has 0 heterocycles. The summed E-state index contributed by atoms with van der Waals surface area (Å²) in [7, 11) is 0. The van der Waals surface area contributed by atoms with Gasteiger partial charge in [-0.3, -0.25) is 0 Å². The standard InChI is InChI=1S/C15H23BrO3/c1-5-17-14(18-6-2)7-8-19-13-9-11(3)15(16)12(4)10-13/h9-10,14H,5-8H2,1-4H3. The van der Waals surface area contributed by atoms with E-state index in [2.05, 4.69) is 29.8 Å². The van der Waals surface area contributed by atoms with Gasteiger partial charge in [0, 0.05) is 24.1 Å². The van der Waals surface area contributed by atoms with Crippen molar-refractivity contribution in [2.45, 2.75) is 40.4 Å². The first-order valence-electron chi connectivity index (χ1n) is 6.71. The molecule has 0 amide bonds. The van der Waals surface area contributed by atoms with Crippen LogP contribution in [0.3, 0.4) is 0 Å². The zero-order valence-corrected chi connectivity index (χ0v) is 13.7. The molecule has 108 valence electrons. The van der Waals surface area contributed by atoms with Crippen molar-refractivity contribution in [2.75, 3.05) is 19.8 Å². The Morgan fingerprint density at radius 3 is 2.05 bits per heavy atom. The Balaban J connectivity index is 2.48. The minimum atomic E-state index is -0.173. The Hall–Kier alpha value is -0.580. The SMILES string of the molecule is CCOC(CCOc1cc(C)c(Br)c(C)c1)OCC. The lowest BCUT2D eigenvalue weighted by Gasteiger charge is -2.17. The average Bonchev–Trinajstić information content (AvgIpc) is 2.36. The number of ether oxygens (including phenoxy) is 3. The Morgan fingerprint density at radius 2 is 1.58 bits per heavy atom. The zero-order valence-electron chi connectivity index (χ0n) is 12.2. The van der Waals surface area contributed by atoms with Gasteiger partial charge in [-0.2, -0.15) is 0 Å². The molecule has 0 saturated heterocycles. The lowest BCUT2D eigenvalue weighted by Crippen LogP contribution is -2.20. The highest BCUT2D eigenvalue weighted by molar-refractivity contribution is 9.10. The van der Waals surface area contributed by atoms with Gasteiger partial charge in [-0.25, -0.2) is 0 Å². The summed E-state index contributed by atoms with van der Waals surface area (Å²) in [5.41, 5.74) is 2.36. The fourth-order valence-corrected chi connectivity index (χ4v) is 2.08. The number of rotatable bonds is 8. The molecule has 0 N–H and O–H groups in total. The van der Waals surface area contributed by atoms with Gasteiger partial charge in [0.05, 0.1) is 6.61 Å². The normalized spacial score (nSPS) is 11.1. The number of hydrogen-bond donors (Lipinski definition) is 0. The maximum Gasteiger partial charge on any atom is 0.160 e. The molecule has 0 unspecified atom stereocenters. The largest absolute Gasteiger partial charge is 0.493 e. The van der Waals surface area contributed by atoms with Crippen molar-refractivity contribution in [3.8, 4) is 5.75 Å². The van der Waals surface area contributed by atoms with E-state index in [1.54, 1.807) is 0 Å². The summed E-state index contributed by atoms with van der Waals surface area (Å²) in [5, 5.41) is 0. The molecule has 0 aromatic heterocycles. The van der Waals surface area contributed by atoms with Crippen molar-refractivity contribution in [3.63, 3.8) is 0 Å². The van der Waals surface area contributed by atoms with Crippen molar-refractivity contribution < 1.29 is 14.2 Å². The second-order valence-corrected chi connectivity index (χ2v) is 5.14. The quantitative estimate of drug-likeness (QED) is 0.667. The summed E-state index contributed by atoms with van der Waals surface area (Å²) in [4.78, 5) is 0. The van der Waals surface area contributed by atoms with Crippen LogP contribution < -0.4 is 4.74 Å². The summed E-state index contributed by atoms with van der Waals surface area (Å²) < 4.78 is 17.9.